The molecule has 0 aliphatic rings. The Hall–Kier alpha value is -1.94. The maximum absolute atomic E-state index is 12.0. The summed E-state index contributed by atoms with van der Waals surface area (Å²) in [7, 11) is 0. The second-order valence-electron chi connectivity index (χ2n) is 5.04. The summed E-state index contributed by atoms with van der Waals surface area (Å²) in [6.45, 7) is 3.56. The van der Waals surface area contributed by atoms with Crippen molar-refractivity contribution in [3.05, 3.63) is 42.0 Å². The van der Waals surface area contributed by atoms with Gasteiger partial charge in [0.15, 0.2) is 5.60 Å². The Labute approximate surface area is 125 Å². The summed E-state index contributed by atoms with van der Waals surface area (Å²) in [6, 6.07) is 9.25. The zero-order valence-corrected chi connectivity index (χ0v) is 12.5. The lowest BCUT2D eigenvalue weighted by Gasteiger charge is -2.21. The molecule has 4 nitrogen and oxygen atoms in total. The van der Waals surface area contributed by atoms with E-state index in [0.29, 0.717) is 0 Å². The van der Waals surface area contributed by atoms with Gasteiger partial charge in [0.25, 0.3) is 0 Å². The fourth-order valence-electron chi connectivity index (χ4n) is 1.81. The van der Waals surface area contributed by atoms with Crippen LogP contribution in [0.4, 0.5) is 0 Å². The van der Waals surface area contributed by atoms with Crippen LogP contribution in [0, 0.1) is 0 Å². The minimum absolute atomic E-state index is 0.245. The van der Waals surface area contributed by atoms with E-state index in [9.17, 15) is 14.7 Å². The number of rotatable bonds is 8. The van der Waals surface area contributed by atoms with Gasteiger partial charge in [0.05, 0.1) is 6.61 Å². The van der Waals surface area contributed by atoms with Gasteiger partial charge in [0.2, 0.25) is 0 Å². The van der Waals surface area contributed by atoms with E-state index >= 15 is 0 Å². The molecule has 114 valence electrons. The molecule has 1 aromatic carbocycles. The van der Waals surface area contributed by atoms with E-state index < -0.39 is 11.6 Å². The van der Waals surface area contributed by atoms with E-state index in [0.717, 1.165) is 18.4 Å². The first kappa shape index (κ1) is 17.1. The molecule has 21 heavy (non-hydrogen) atoms. The molecule has 0 heterocycles. The average Bonchev–Trinajstić information content (AvgIpc) is 2.46. The van der Waals surface area contributed by atoms with Crippen molar-refractivity contribution in [1.82, 2.24) is 0 Å². The molecule has 1 rings (SSSR count). The van der Waals surface area contributed by atoms with Crippen molar-refractivity contribution in [3.63, 3.8) is 0 Å². The summed E-state index contributed by atoms with van der Waals surface area (Å²) in [4.78, 5) is 23.3. The van der Waals surface area contributed by atoms with Crippen LogP contribution in [0.2, 0.25) is 0 Å². The third-order valence-corrected chi connectivity index (χ3v) is 2.95. The number of hydrogen-bond acceptors (Lipinski definition) is 4. The lowest BCUT2D eigenvalue weighted by molar-refractivity contribution is -0.162. The minimum Gasteiger partial charge on any atom is -0.463 e. The molecule has 0 aliphatic carbocycles. The van der Waals surface area contributed by atoms with Gasteiger partial charge in [-0.1, -0.05) is 49.8 Å². The highest BCUT2D eigenvalue weighted by molar-refractivity contribution is 5.90. The highest BCUT2D eigenvalue weighted by Gasteiger charge is 2.36. The summed E-state index contributed by atoms with van der Waals surface area (Å²) in [5.74, 6) is -1.05. The maximum atomic E-state index is 12.0. The normalized spacial score (nSPS) is 13.9. The summed E-state index contributed by atoms with van der Waals surface area (Å²) in [6.07, 6.45) is 4.27. The Morgan fingerprint density at radius 2 is 1.95 bits per heavy atom. The molecule has 0 fully saturated rings. The Kier molecular flexibility index (Phi) is 6.82. The van der Waals surface area contributed by atoms with Crippen molar-refractivity contribution in [2.75, 3.05) is 6.61 Å². The quantitative estimate of drug-likeness (QED) is 0.590. The molecule has 0 unspecified atom stereocenters. The largest absolute Gasteiger partial charge is 0.463 e. The molecule has 0 spiro atoms. The predicted molar refractivity (Wildman–Crippen MR) is 81.6 cm³/mol. The Balaban J connectivity index is 2.84. The van der Waals surface area contributed by atoms with Gasteiger partial charge in [-0.2, -0.15) is 0 Å². The van der Waals surface area contributed by atoms with Crippen molar-refractivity contribution in [3.8, 4) is 0 Å². The second kappa shape index (κ2) is 8.37. The lowest BCUT2D eigenvalue weighted by Crippen LogP contribution is -2.40. The maximum Gasteiger partial charge on any atom is 0.342 e. The molecule has 0 aromatic heterocycles. The van der Waals surface area contributed by atoms with Crippen LogP contribution in [-0.2, 0) is 14.3 Å². The summed E-state index contributed by atoms with van der Waals surface area (Å²) in [5.41, 5.74) is -1.07. The van der Waals surface area contributed by atoms with E-state index in [1.54, 1.807) is 6.08 Å². The molecule has 0 saturated heterocycles. The van der Waals surface area contributed by atoms with Gasteiger partial charge < -0.3 is 9.84 Å². The molecule has 0 saturated carbocycles. The lowest BCUT2D eigenvalue weighted by atomic mass is 9.96. The Morgan fingerprint density at radius 3 is 2.52 bits per heavy atom. The van der Waals surface area contributed by atoms with Crippen molar-refractivity contribution in [2.45, 2.75) is 38.7 Å². The highest BCUT2D eigenvalue weighted by atomic mass is 16.5. The van der Waals surface area contributed by atoms with Crippen LogP contribution in [0.25, 0.3) is 6.08 Å². The van der Waals surface area contributed by atoms with Gasteiger partial charge in [-0.3, -0.25) is 4.79 Å². The van der Waals surface area contributed by atoms with E-state index in [1.165, 1.54) is 13.0 Å². The third-order valence-electron chi connectivity index (χ3n) is 2.95. The summed E-state index contributed by atoms with van der Waals surface area (Å²) < 4.78 is 5.04. The van der Waals surface area contributed by atoms with Crippen molar-refractivity contribution in [1.29, 1.82) is 0 Å². The van der Waals surface area contributed by atoms with Crippen LogP contribution in [-0.4, -0.2) is 29.1 Å². The van der Waals surface area contributed by atoms with Gasteiger partial charge >= 0.3 is 5.97 Å². The molecule has 0 radical (unpaired) electrons. The number of carbonyl (C=O) groups excluding carboxylic acids is 2. The number of esters is 1. The van der Waals surface area contributed by atoms with Gasteiger partial charge in [0, 0.05) is 6.42 Å². The SMILES string of the molecule is CCCCOC(=O)[C@@](O)(/C=C/c1ccccc1)CC(C)=O. The number of ether oxygens (including phenoxy) is 1. The first-order chi connectivity index (χ1) is 9.98. The zero-order valence-electron chi connectivity index (χ0n) is 12.5. The number of ketones is 1. The van der Waals surface area contributed by atoms with Crippen LogP contribution >= 0.6 is 0 Å². The topological polar surface area (TPSA) is 63.6 Å². The van der Waals surface area contributed by atoms with Crippen molar-refractivity contribution < 1.29 is 19.4 Å². The number of unbranched alkanes of at least 4 members (excludes halogenated alkanes) is 1. The molecule has 1 N–H and O–H groups in total. The van der Waals surface area contributed by atoms with Crippen LogP contribution in [0.15, 0.2) is 36.4 Å². The zero-order chi connectivity index (χ0) is 15.7. The summed E-state index contributed by atoms with van der Waals surface area (Å²) >= 11 is 0. The number of aliphatic hydroxyl groups is 1. The molecule has 0 bridgehead atoms. The van der Waals surface area contributed by atoms with Crippen LogP contribution in [0.5, 0.6) is 0 Å². The highest BCUT2D eigenvalue weighted by Crippen LogP contribution is 2.18. The number of hydrogen-bond donors (Lipinski definition) is 1. The third kappa shape index (κ3) is 5.92. The van der Waals surface area contributed by atoms with E-state index in [-0.39, 0.29) is 18.8 Å². The minimum atomic E-state index is -1.91. The van der Waals surface area contributed by atoms with Crippen LogP contribution in [0.1, 0.15) is 38.7 Å². The van der Waals surface area contributed by atoms with Gasteiger partial charge in [-0.15, -0.1) is 0 Å². The number of benzene rings is 1. The molecule has 0 aliphatic heterocycles. The number of carbonyl (C=O) groups is 2. The van der Waals surface area contributed by atoms with Crippen LogP contribution < -0.4 is 0 Å². The standard InChI is InChI=1S/C17H22O4/c1-3-4-12-21-16(19)17(20,13-14(2)18)11-10-15-8-6-5-7-9-15/h5-11,20H,3-4,12-13H2,1-2H3/b11-10+/t17-/m1/s1. The summed E-state index contributed by atoms with van der Waals surface area (Å²) in [5, 5.41) is 10.4. The molecular formula is C17H22O4. The molecule has 0 amide bonds. The Morgan fingerprint density at radius 1 is 1.29 bits per heavy atom. The van der Waals surface area contributed by atoms with Gasteiger partial charge in [-0.25, -0.2) is 4.79 Å². The van der Waals surface area contributed by atoms with Gasteiger partial charge in [0.1, 0.15) is 5.78 Å². The molecule has 4 heteroatoms. The van der Waals surface area contributed by atoms with Gasteiger partial charge in [-0.05, 0) is 25.0 Å². The fourth-order valence-corrected chi connectivity index (χ4v) is 1.81. The Bertz CT molecular complexity index is 493. The second-order valence-corrected chi connectivity index (χ2v) is 5.04. The van der Waals surface area contributed by atoms with E-state index in [2.05, 4.69) is 0 Å². The van der Waals surface area contributed by atoms with Crippen LogP contribution in [0.3, 0.4) is 0 Å². The fraction of sp³-hybridized carbons (Fsp3) is 0.412. The smallest absolute Gasteiger partial charge is 0.342 e. The van der Waals surface area contributed by atoms with Crippen molar-refractivity contribution >= 4 is 17.8 Å². The predicted octanol–water partition coefficient (Wildman–Crippen LogP) is 2.75. The first-order valence-electron chi connectivity index (χ1n) is 7.11. The number of Topliss-reactive ketones (excluding diaryl/α,β-unsaturated/α-hetero) is 1. The molecule has 1 atom stereocenters. The first-order valence-corrected chi connectivity index (χ1v) is 7.11. The molecule has 1 aromatic rings. The van der Waals surface area contributed by atoms with Crippen molar-refractivity contribution in [2.24, 2.45) is 0 Å². The molecular weight excluding hydrogens is 268 g/mol. The van der Waals surface area contributed by atoms with E-state index in [1.807, 2.05) is 37.3 Å². The average molecular weight is 290 g/mol. The van der Waals surface area contributed by atoms with E-state index in [4.69, 9.17) is 4.74 Å². The monoisotopic (exact) mass is 290 g/mol.